The van der Waals surface area contributed by atoms with Crippen molar-refractivity contribution < 1.29 is 9.21 Å². The molecule has 1 N–H and O–H groups in total. The second-order valence-corrected chi connectivity index (χ2v) is 8.63. The van der Waals surface area contributed by atoms with Crippen molar-refractivity contribution in [3.05, 3.63) is 69.7 Å². The minimum atomic E-state index is -0.485. The number of carbonyl (C=O) groups excluding carboxylic acids is 1. The number of furan rings is 1. The third-order valence-corrected chi connectivity index (χ3v) is 5.74. The van der Waals surface area contributed by atoms with Crippen LogP contribution >= 0.6 is 11.6 Å². The Hall–Kier alpha value is -2.77. The largest absolute Gasteiger partial charge is 0.460 e. The van der Waals surface area contributed by atoms with Gasteiger partial charge >= 0.3 is 0 Å². The van der Waals surface area contributed by atoms with Crippen molar-refractivity contribution in [2.75, 3.05) is 0 Å². The molecule has 1 aliphatic carbocycles. The lowest BCUT2D eigenvalue weighted by Gasteiger charge is -2.38. The van der Waals surface area contributed by atoms with Crippen molar-refractivity contribution in [1.82, 2.24) is 5.32 Å². The number of ketones is 1. The topological polar surface area (TPSA) is 66.0 Å². The highest BCUT2D eigenvalue weighted by atomic mass is 35.5. The van der Waals surface area contributed by atoms with Crippen LogP contribution < -0.4 is 5.32 Å². The van der Waals surface area contributed by atoms with Crippen molar-refractivity contribution in [3.8, 4) is 17.4 Å². The molecule has 0 saturated heterocycles. The van der Waals surface area contributed by atoms with E-state index in [0.717, 1.165) is 23.4 Å². The van der Waals surface area contributed by atoms with Gasteiger partial charge in [-0.25, -0.2) is 0 Å². The zero-order valence-electron chi connectivity index (χ0n) is 16.1. The molecule has 1 aliphatic heterocycles. The van der Waals surface area contributed by atoms with Gasteiger partial charge < -0.3 is 9.73 Å². The molecule has 4 rings (SSSR count). The zero-order valence-corrected chi connectivity index (χ0v) is 16.9. The molecule has 0 unspecified atom stereocenters. The number of dihydropyridines is 1. The summed E-state index contributed by atoms with van der Waals surface area (Å²) in [5.74, 6) is 0.800. The van der Waals surface area contributed by atoms with Crippen LogP contribution in [0.2, 0.25) is 5.02 Å². The molecular weight excluding hydrogens is 372 g/mol. The third-order valence-electron chi connectivity index (χ3n) is 5.41. The van der Waals surface area contributed by atoms with E-state index in [2.05, 4.69) is 25.2 Å². The fourth-order valence-electron chi connectivity index (χ4n) is 4.18. The summed E-state index contributed by atoms with van der Waals surface area (Å²) in [5.41, 5.74) is 3.53. The summed E-state index contributed by atoms with van der Waals surface area (Å²) in [4.78, 5) is 13.0. The maximum absolute atomic E-state index is 13.0. The van der Waals surface area contributed by atoms with Gasteiger partial charge in [-0.1, -0.05) is 37.6 Å². The average molecular weight is 393 g/mol. The Morgan fingerprint density at radius 3 is 2.68 bits per heavy atom. The predicted molar refractivity (Wildman–Crippen MR) is 108 cm³/mol. The minimum absolute atomic E-state index is 0.0692. The Kier molecular flexibility index (Phi) is 4.44. The Morgan fingerprint density at radius 1 is 1.21 bits per heavy atom. The number of rotatable bonds is 2. The number of nitrogens with zero attached hydrogens (tertiary/aromatic N) is 1. The van der Waals surface area contributed by atoms with E-state index in [4.69, 9.17) is 16.0 Å². The molecule has 0 amide bonds. The maximum atomic E-state index is 13.0. The highest BCUT2D eigenvalue weighted by Gasteiger charge is 2.42. The van der Waals surface area contributed by atoms with Gasteiger partial charge in [0.05, 0.1) is 22.6 Å². The van der Waals surface area contributed by atoms with Gasteiger partial charge in [0, 0.05) is 29.0 Å². The van der Waals surface area contributed by atoms with Crippen LogP contribution in [0.25, 0.3) is 11.3 Å². The molecule has 28 heavy (non-hydrogen) atoms. The maximum Gasteiger partial charge on any atom is 0.162 e. The first kappa shape index (κ1) is 18.6. The molecule has 4 nitrogen and oxygen atoms in total. The number of nitriles is 1. The molecule has 5 heteroatoms. The molecule has 2 aliphatic rings. The number of allylic oxidation sites excluding steroid dienone is 4. The van der Waals surface area contributed by atoms with Crippen molar-refractivity contribution in [2.45, 2.75) is 39.5 Å². The number of hydrogen-bond donors (Lipinski definition) is 1. The van der Waals surface area contributed by atoms with Crippen molar-refractivity contribution in [3.63, 3.8) is 0 Å². The van der Waals surface area contributed by atoms with E-state index >= 15 is 0 Å². The molecule has 1 atom stereocenters. The van der Waals surface area contributed by atoms with Crippen molar-refractivity contribution in [2.24, 2.45) is 5.41 Å². The van der Waals surface area contributed by atoms with Crippen molar-refractivity contribution in [1.29, 1.82) is 5.26 Å². The van der Waals surface area contributed by atoms with Gasteiger partial charge in [-0.3, -0.25) is 4.79 Å². The van der Waals surface area contributed by atoms with E-state index < -0.39 is 5.92 Å². The van der Waals surface area contributed by atoms with Gasteiger partial charge in [-0.05, 0) is 43.0 Å². The van der Waals surface area contributed by atoms with E-state index in [1.54, 1.807) is 0 Å². The van der Waals surface area contributed by atoms with Gasteiger partial charge in [0.15, 0.2) is 5.78 Å². The number of halogens is 1. The van der Waals surface area contributed by atoms with E-state index in [-0.39, 0.29) is 11.2 Å². The summed E-state index contributed by atoms with van der Waals surface area (Å²) in [6.07, 6.45) is 1.22. The van der Waals surface area contributed by atoms with E-state index in [9.17, 15) is 10.1 Å². The molecule has 0 spiro atoms. The summed E-state index contributed by atoms with van der Waals surface area (Å²) in [6, 6.07) is 13.4. The van der Waals surface area contributed by atoms with Crippen LogP contribution in [0.4, 0.5) is 0 Å². The highest BCUT2D eigenvalue weighted by Crippen LogP contribution is 2.47. The van der Waals surface area contributed by atoms with Crippen molar-refractivity contribution >= 4 is 17.4 Å². The van der Waals surface area contributed by atoms with Gasteiger partial charge in [-0.2, -0.15) is 5.26 Å². The average Bonchev–Trinajstić information content (AvgIpc) is 3.09. The molecule has 0 radical (unpaired) electrons. The number of nitrogens with one attached hydrogen (secondary N) is 1. The highest BCUT2D eigenvalue weighted by molar-refractivity contribution is 6.33. The quantitative estimate of drug-likeness (QED) is 0.708. The molecule has 0 saturated carbocycles. The number of hydrogen-bond acceptors (Lipinski definition) is 4. The molecule has 2 heterocycles. The van der Waals surface area contributed by atoms with E-state index in [0.29, 0.717) is 34.1 Å². The second-order valence-electron chi connectivity index (χ2n) is 8.22. The van der Waals surface area contributed by atoms with Gasteiger partial charge in [0.25, 0.3) is 0 Å². The first-order chi connectivity index (χ1) is 13.3. The molecule has 1 aromatic carbocycles. The Bertz CT molecular complexity index is 1080. The lowest BCUT2D eigenvalue weighted by molar-refractivity contribution is -0.118. The standard InChI is InChI=1S/C23H21ClN2O2/c1-13-15(12-25)21(22-17(26-13)10-23(2,3)11-18(22)27)20-9-8-19(28-20)14-6-4-5-7-16(14)24/h4-9,21,26H,10-11H2,1-3H3/t21-/m1/s1. The van der Waals surface area contributed by atoms with Crippen LogP contribution in [0.5, 0.6) is 0 Å². The third kappa shape index (κ3) is 3.06. The van der Waals surface area contributed by atoms with Crippen LogP contribution in [-0.2, 0) is 4.79 Å². The summed E-state index contributed by atoms with van der Waals surface area (Å²) < 4.78 is 6.14. The Labute approximate surface area is 169 Å². The lowest BCUT2D eigenvalue weighted by Crippen LogP contribution is -2.36. The first-order valence-corrected chi connectivity index (χ1v) is 9.67. The Morgan fingerprint density at radius 2 is 1.96 bits per heavy atom. The number of Topliss-reactive ketones (excluding diaryl/α,β-unsaturated/α-hetero) is 1. The summed E-state index contributed by atoms with van der Waals surface area (Å²) in [5, 5.41) is 13.7. The second kappa shape index (κ2) is 6.68. The van der Waals surface area contributed by atoms with E-state index in [1.165, 1.54) is 0 Å². The van der Waals surface area contributed by atoms with Crippen LogP contribution in [0.3, 0.4) is 0 Å². The van der Waals surface area contributed by atoms with Crippen LogP contribution in [0, 0.1) is 16.7 Å². The molecule has 0 bridgehead atoms. The van der Waals surface area contributed by atoms with Crippen LogP contribution in [-0.4, -0.2) is 5.78 Å². The SMILES string of the molecule is CC1=C(C#N)[C@H](c2ccc(-c3ccccc3Cl)o2)C2=C(CC(C)(C)CC2=O)N1. The molecule has 1 aromatic heterocycles. The normalized spacial score (nSPS) is 21.2. The fraction of sp³-hybridized carbons (Fsp3) is 0.304. The summed E-state index contributed by atoms with van der Waals surface area (Å²) >= 11 is 6.30. The first-order valence-electron chi connectivity index (χ1n) is 9.29. The minimum Gasteiger partial charge on any atom is -0.460 e. The van der Waals surface area contributed by atoms with Gasteiger partial charge in [0.1, 0.15) is 11.5 Å². The van der Waals surface area contributed by atoms with Gasteiger partial charge in [0.2, 0.25) is 0 Å². The smallest absolute Gasteiger partial charge is 0.162 e. The number of benzene rings is 1. The molecule has 2 aromatic rings. The summed E-state index contributed by atoms with van der Waals surface area (Å²) in [6.45, 7) is 6.05. The van der Waals surface area contributed by atoms with Crippen LogP contribution in [0.1, 0.15) is 45.3 Å². The predicted octanol–water partition coefficient (Wildman–Crippen LogP) is 5.73. The summed E-state index contributed by atoms with van der Waals surface area (Å²) in [7, 11) is 0. The number of carbonyl (C=O) groups is 1. The monoisotopic (exact) mass is 392 g/mol. The van der Waals surface area contributed by atoms with Crippen LogP contribution in [0.15, 0.2) is 63.4 Å². The fourth-order valence-corrected chi connectivity index (χ4v) is 4.41. The molecule has 142 valence electrons. The van der Waals surface area contributed by atoms with E-state index in [1.807, 2.05) is 43.3 Å². The molecule has 0 fully saturated rings. The lowest BCUT2D eigenvalue weighted by atomic mass is 9.70. The molecular formula is C23H21ClN2O2. The van der Waals surface area contributed by atoms with Gasteiger partial charge in [-0.15, -0.1) is 0 Å². The zero-order chi connectivity index (χ0) is 20.1. The Balaban J connectivity index is 1.84.